The Balaban J connectivity index is 1.76. The number of aromatic nitrogens is 1. The van der Waals surface area contributed by atoms with E-state index in [4.69, 9.17) is 14.0 Å². The number of nitrogens with one attached hydrogen (secondary N) is 1. The predicted octanol–water partition coefficient (Wildman–Crippen LogP) is 4.18. The van der Waals surface area contributed by atoms with Gasteiger partial charge in [-0.15, -0.1) is 0 Å². The second kappa shape index (κ2) is 7.68. The molecule has 1 N–H and O–H groups in total. The third-order valence-corrected chi connectivity index (χ3v) is 4.62. The molecule has 0 aliphatic carbocycles. The number of amides is 2. The molecule has 1 aromatic heterocycles. The van der Waals surface area contributed by atoms with Gasteiger partial charge in [0.15, 0.2) is 0 Å². The first-order valence-corrected chi connectivity index (χ1v) is 8.79. The van der Waals surface area contributed by atoms with Gasteiger partial charge < -0.3 is 24.2 Å². The molecule has 7 heteroatoms. The maximum atomic E-state index is 12.8. The quantitative estimate of drug-likeness (QED) is 0.866. The minimum absolute atomic E-state index is 0.0736. The molecule has 7 nitrogen and oxygen atoms in total. The number of carbonyl (C=O) groups excluding carboxylic acids is 1. The van der Waals surface area contributed by atoms with E-state index in [1.807, 2.05) is 6.07 Å². The van der Waals surface area contributed by atoms with Crippen molar-refractivity contribution in [2.75, 3.05) is 26.1 Å². The van der Waals surface area contributed by atoms with Gasteiger partial charge in [0.2, 0.25) is 0 Å². The molecule has 1 aromatic carbocycles. The number of rotatable bonds is 5. The third kappa shape index (κ3) is 3.61. The second-order valence-corrected chi connectivity index (χ2v) is 6.66. The lowest BCUT2D eigenvalue weighted by molar-refractivity contribution is 0.204. The Labute approximate surface area is 153 Å². The van der Waals surface area contributed by atoms with Gasteiger partial charge in [-0.3, -0.25) is 0 Å². The summed E-state index contributed by atoms with van der Waals surface area (Å²) in [5.74, 6) is 2.33. The Bertz CT molecular complexity index is 772. The minimum Gasteiger partial charge on any atom is -0.497 e. The van der Waals surface area contributed by atoms with Crippen molar-refractivity contribution in [2.45, 2.75) is 38.6 Å². The Morgan fingerprint density at radius 3 is 2.77 bits per heavy atom. The molecule has 26 heavy (non-hydrogen) atoms. The summed E-state index contributed by atoms with van der Waals surface area (Å²) >= 11 is 0. The molecule has 0 radical (unpaired) electrons. The third-order valence-electron chi connectivity index (χ3n) is 4.62. The molecule has 2 amide bonds. The van der Waals surface area contributed by atoms with Crippen molar-refractivity contribution >= 4 is 11.7 Å². The van der Waals surface area contributed by atoms with E-state index in [1.165, 1.54) is 0 Å². The van der Waals surface area contributed by atoms with Crippen LogP contribution in [0.1, 0.15) is 50.1 Å². The lowest BCUT2D eigenvalue weighted by Gasteiger charge is -2.24. The molecule has 0 saturated carbocycles. The number of hydrogen-bond acceptors (Lipinski definition) is 5. The summed E-state index contributed by atoms with van der Waals surface area (Å²) in [6, 6.07) is 7.00. The summed E-state index contributed by atoms with van der Waals surface area (Å²) in [5.41, 5.74) is 1.41. The Morgan fingerprint density at radius 1 is 1.31 bits per heavy atom. The van der Waals surface area contributed by atoms with E-state index >= 15 is 0 Å². The number of likely N-dealkylation sites (tertiary alicyclic amines) is 1. The first-order chi connectivity index (χ1) is 12.5. The van der Waals surface area contributed by atoms with Crippen LogP contribution in [0.2, 0.25) is 0 Å². The second-order valence-electron chi connectivity index (χ2n) is 6.66. The van der Waals surface area contributed by atoms with Crippen LogP contribution in [-0.2, 0) is 0 Å². The molecule has 0 spiro atoms. The summed E-state index contributed by atoms with van der Waals surface area (Å²) in [6.07, 6.45) is 1.80. The molecule has 0 unspecified atom stereocenters. The molecule has 3 rings (SSSR count). The maximum absolute atomic E-state index is 12.8. The van der Waals surface area contributed by atoms with Crippen molar-refractivity contribution in [2.24, 2.45) is 0 Å². The van der Waals surface area contributed by atoms with Gasteiger partial charge in [-0.25, -0.2) is 4.79 Å². The van der Waals surface area contributed by atoms with Crippen molar-refractivity contribution < 1.29 is 18.8 Å². The average Bonchev–Trinajstić information content (AvgIpc) is 3.30. The lowest BCUT2D eigenvalue weighted by Crippen LogP contribution is -2.34. The van der Waals surface area contributed by atoms with Crippen LogP contribution in [0.3, 0.4) is 0 Å². The summed E-state index contributed by atoms with van der Waals surface area (Å²) in [5, 5.41) is 7.11. The van der Waals surface area contributed by atoms with E-state index < -0.39 is 0 Å². The van der Waals surface area contributed by atoms with E-state index in [9.17, 15) is 4.79 Å². The van der Waals surface area contributed by atoms with Gasteiger partial charge >= 0.3 is 6.03 Å². The zero-order valence-corrected chi connectivity index (χ0v) is 15.6. The van der Waals surface area contributed by atoms with E-state index in [0.29, 0.717) is 23.7 Å². The zero-order chi connectivity index (χ0) is 18.7. The highest BCUT2D eigenvalue weighted by Crippen LogP contribution is 2.34. The standard InChI is InChI=1S/C19H25N3O4/c1-12(2)17-11-15(21-26-17)16-6-5-9-22(16)19(23)20-14-8-7-13(24-3)10-18(14)25-4/h7-8,10-12,16H,5-6,9H2,1-4H3,(H,20,23)/t16-/m0/s1. The Hall–Kier alpha value is -2.70. The minimum atomic E-state index is -0.176. The van der Waals surface area contributed by atoms with Gasteiger partial charge in [-0.05, 0) is 25.0 Å². The summed E-state index contributed by atoms with van der Waals surface area (Å²) in [4.78, 5) is 14.6. The van der Waals surface area contributed by atoms with Crippen molar-refractivity contribution in [1.29, 1.82) is 0 Å². The normalized spacial score (nSPS) is 16.8. The van der Waals surface area contributed by atoms with Crippen LogP contribution in [0, 0.1) is 0 Å². The van der Waals surface area contributed by atoms with Gasteiger partial charge in [0.25, 0.3) is 0 Å². The summed E-state index contributed by atoms with van der Waals surface area (Å²) in [6.45, 7) is 4.79. The van der Waals surface area contributed by atoms with Gasteiger partial charge in [0.05, 0.1) is 25.9 Å². The summed E-state index contributed by atoms with van der Waals surface area (Å²) in [7, 11) is 3.15. The molecule has 0 bridgehead atoms. The van der Waals surface area contributed by atoms with E-state index in [0.717, 1.165) is 24.3 Å². The van der Waals surface area contributed by atoms with Crippen LogP contribution in [0.4, 0.5) is 10.5 Å². The number of anilines is 1. The molecular weight excluding hydrogens is 334 g/mol. The van der Waals surface area contributed by atoms with Crippen LogP contribution in [0.5, 0.6) is 11.5 Å². The SMILES string of the molecule is COc1ccc(NC(=O)N2CCC[C@H]2c2cc(C(C)C)on2)c(OC)c1. The highest BCUT2D eigenvalue weighted by Gasteiger charge is 2.33. The molecule has 1 saturated heterocycles. The number of hydrogen-bond donors (Lipinski definition) is 1. The highest BCUT2D eigenvalue weighted by atomic mass is 16.5. The van der Waals surface area contributed by atoms with Gasteiger partial charge in [0, 0.05) is 24.6 Å². The first kappa shape index (κ1) is 18.1. The van der Waals surface area contributed by atoms with E-state index in [1.54, 1.807) is 37.3 Å². The molecule has 140 valence electrons. The Morgan fingerprint density at radius 2 is 2.12 bits per heavy atom. The van der Waals surface area contributed by atoms with Crippen LogP contribution in [0.25, 0.3) is 0 Å². The zero-order valence-electron chi connectivity index (χ0n) is 15.6. The molecule has 1 fully saturated rings. The van der Waals surface area contributed by atoms with Crippen LogP contribution >= 0.6 is 0 Å². The molecule has 1 aliphatic heterocycles. The smallest absolute Gasteiger partial charge is 0.322 e. The number of urea groups is 1. The lowest BCUT2D eigenvalue weighted by atomic mass is 10.1. The predicted molar refractivity (Wildman–Crippen MR) is 97.8 cm³/mol. The number of benzene rings is 1. The molecule has 2 aromatic rings. The fraction of sp³-hybridized carbons (Fsp3) is 0.474. The number of ether oxygens (including phenoxy) is 2. The topological polar surface area (TPSA) is 76.8 Å². The van der Waals surface area contributed by atoms with E-state index in [2.05, 4.69) is 24.3 Å². The van der Waals surface area contributed by atoms with Crippen molar-refractivity contribution in [3.8, 4) is 11.5 Å². The van der Waals surface area contributed by atoms with Crippen LogP contribution in [0.15, 0.2) is 28.8 Å². The van der Waals surface area contributed by atoms with Crippen molar-refractivity contribution in [3.63, 3.8) is 0 Å². The highest BCUT2D eigenvalue weighted by molar-refractivity contribution is 5.91. The van der Waals surface area contributed by atoms with Gasteiger partial charge in [-0.2, -0.15) is 0 Å². The van der Waals surface area contributed by atoms with Crippen molar-refractivity contribution in [1.82, 2.24) is 10.1 Å². The maximum Gasteiger partial charge on any atom is 0.322 e. The first-order valence-electron chi connectivity index (χ1n) is 8.79. The Kier molecular flexibility index (Phi) is 5.35. The number of methoxy groups -OCH3 is 2. The molecule has 1 atom stereocenters. The number of nitrogens with zero attached hydrogens (tertiary/aromatic N) is 2. The fourth-order valence-corrected chi connectivity index (χ4v) is 3.14. The van der Waals surface area contributed by atoms with Crippen LogP contribution < -0.4 is 14.8 Å². The van der Waals surface area contributed by atoms with E-state index in [-0.39, 0.29) is 18.0 Å². The van der Waals surface area contributed by atoms with Crippen molar-refractivity contribution in [3.05, 3.63) is 35.7 Å². The molecule has 2 heterocycles. The van der Waals surface area contributed by atoms with Gasteiger partial charge in [0.1, 0.15) is 23.0 Å². The monoisotopic (exact) mass is 359 g/mol. The molecular formula is C19H25N3O4. The largest absolute Gasteiger partial charge is 0.497 e. The number of carbonyl (C=O) groups is 1. The van der Waals surface area contributed by atoms with Crippen LogP contribution in [-0.4, -0.2) is 36.9 Å². The summed E-state index contributed by atoms with van der Waals surface area (Å²) < 4.78 is 15.9. The fourth-order valence-electron chi connectivity index (χ4n) is 3.14. The average molecular weight is 359 g/mol. The molecule has 1 aliphatic rings. The van der Waals surface area contributed by atoms with Gasteiger partial charge in [-0.1, -0.05) is 19.0 Å².